The average Bonchev–Trinajstić information content (AvgIpc) is 2.37. The molecule has 4 nitrogen and oxygen atoms in total. The van der Waals surface area contributed by atoms with E-state index in [0.29, 0.717) is 25.3 Å². The Balaban J connectivity index is 2.45. The molecule has 0 aliphatic rings. The van der Waals surface area contributed by atoms with Crippen LogP contribution < -0.4 is 4.74 Å². The van der Waals surface area contributed by atoms with E-state index < -0.39 is 0 Å². The third-order valence-corrected chi connectivity index (χ3v) is 2.45. The van der Waals surface area contributed by atoms with Gasteiger partial charge >= 0.3 is 0 Å². The zero-order valence-corrected chi connectivity index (χ0v) is 11.2. The summed E-state index contributed by atoms with van der Waals surface area (Å²) in [7, 11) is 0. The largest absolute Gasteiger partial charge is 0.491 e. The van der Waals surface area contributed by atoms with Crippen LogP contribution in [0.2, 0.25) is 0 Å². The standard InChI is InChI=1S/C14H21NO3/c1-4-14(15-16)12-5-7-13(8-6-12)18-10-9-17-11(2)3/h5-8,11,16H,4,9-10H2,1-3H3. The van der Waals surface area contributed by atoms with Crippen LogP contribution in [0, 0.1) is 0 Å². The van der Waals surface area contributed by atoms with E-state index in [1.807, 2.05) is 45.0 Å². The molecule has 0 fully saturated rings. The van der Waals surface area contributed by atoms with Gasteiger partial charge in [-0.2, -0.15) is 0 Å². The summed E-state index contributed by atoms with van der Waals surface area (Å²) in [6.07, 6.45) is 0.919. The smallest absolute Gasteiger partial charge is 0.119 e. The van der Waals surface area contributed by atoms with Crippen molar-refractivity contribution < 1.29 is 14.7 Å². The van der Waals surface area contributed by atoms with Crippen LogP contribution in [-0.4, -0.2) is 30.2 Å². The lowest BCUT2D eigenvalue weighted by atomic mass is 10.1. The van der Waals surface area contributed by atoms with Crippen LogP contribution in [0.3, 0.4) is 0 Å². The van der Waals surface area contributed by atoms with Gasteiger partial charge in [0.2, 0.25) is 0 Å². The molecule has 0 saturated carbocycles. The number of nitrogens with zero attached hydrogens (tertiary/aromatic N) is 1. The Kier molecular flexibility index (Phi) is 6.22. The van der Waals surface area contributed by atoms with Crippen LogP contribution in [0.15, 0.2) is 29.4 Å². The van der Waals surface area contributed by atoms with Gasteiger partial charge < -0.3 is 14.7 Å². The Bertz CT molecular complexity index is 371. The van der Waals surface area contributed by atoms with Gasteiger partial charge in [0, 0.05) is 0 Å². The molecule has 0 radical (unpaired) electrons. The maximum absolute atomic E-state index is 8.81. The number of rotatable bonds is 7. The molecule has 4 heteroatoms. The van der Waals surface area contributed by atoms with E-state index in [2.05, 4.69) is 5.16 Å². The van der Waals surface area contributed by atoms with Gasteiger partial charge in [0.15, 0.2) is 0 Å². The highest BCUT2D eigenvalue weighted by molar-refractivity contribution is 6.00. The molecular weight excluding hydrogens is 230 g/mol. The summed E-state index contributed by atoms with van der Waals surface area (Å²) < 4.78 is 10.9. The highest BCUT2D eigenvalue weighted by atomic mass is 16.5. The van der Waals surface area contributed by atoms with E-state index >= 15 is 0 Å². The molecule has 0 aliphatic heterocycles. The molecule has 0 aromatic heterocycles. The van der Waals surface area contributed by atoms with E-state index in [1.54, 1.807) is 0 Å². The van der Waals surface area contributed by atoms with Crippen molar-refractivity contribution in [3.8, 4) is 5.75 Å². The summed E-state index contributed by atoms with van der Waals surface area (Å²) in [6.45, 7) is 7.05. The first-order valence-electron chi connectivity index (χ1n) is 6.23. The van der Waals surface area contributed by atoms with Crippen molar-refractivity contribution >= 4 is 5.71 Å². The van der Waals surface area contributed by atoms with Gasteiger partial charge in [-0.15, -0.1) is 0 Å². The average molecular weight is 251 g/mol. The zero-order chi connectivity index (χ0) is 13.4. The third kappa shape index (κ3) is 4.75. The Labute approximate surface area is 108 Å². The van der Waals surface area contributed by atoms with Gasteiger partial charge in [-0.05, 0) is 50.1 Å². The monoisotopic (exact) mass is 251 g/mol. The van der Waals surface area contributed by atoms with Crippen molar-refractivity contribution in [2.45, 2.75) is 33.3 Å². The van der Waals surface area contributed by atoms with E-state index in [9.17, 15) is 0 Å². The van der Waals surface area contributed by atoms with Gasteiger partial charge in [-0.3, -0.25) is 0 Å². The van der Waals surface area contributed by atoms with Crippen molar-refractivity contribution in [1.82, 2.24) is 0 Å². The zero-order valence-electron chi connectivity index (χ0n) is 11.2. The van der Waals surface area contributed by atoms with Crippen LogP contribution in [0.25, 0.3) is 0 Å². The first-order chi connectivity index (χ1) is 8.67. The predicted molar refractivity (Wildman–Crippen MR) is 71.6 cm³/mol. The van der Waals surface area contributed by atoms with Gasteiger partial charge in [-0.1, -0.05) is 12.1 Å². The number of hydrogen-bond donors (Lipinski definition) is 1. The molecule has 100 valence electrons. The topological polar surface area (TPSA) is 51.1 Å². The van der Waals surface area contributed by atoms with Crippen molar-refractivity contribution in [1.29, 1.82) is 0 Å². The van der Waals surface area contributed by atoms with Gasteiger partial charge in [0.1, 0.15) is 12.4 Å². The Morgan fingerprint density at radius 1 is 1.22 bits per heavy atom. The highest BCUT2D eigenvalue weighted by Gasteiger charge is 2.02. The summed E-state index contributed by atoms with van der Waals surface area (Å²) in [5, 5.41) is 12.1. The van der Waals surface area contributed by atoms with Crippen LogP contribution in [0.5, 0.6) is 5.75 Å². The molecular formula is C14H21NO3. The molecule has 1 aromatic rings. The second-order valence-corrected chi connectivity index (χ2v) is 4.19. The number of ether oxygens (including phenoxy) is 2. The quantitative estimate of drug-likeness (QED) is 0.350. The van der Waals surface area contributed by atoms with Gasteiger partial charge in [-0.25, -0.2) is 0 Å². The molecule has 0 aliphatic carbocycles. The van der Waals surface area contributed by atoms with Crippen LogP contribution in [0.1, 0.15) is 32.8 Å². The number of benzene rings is 1. The first-order valence-corrected chi connectivity index (χ1v) is 6.23. The lowest BCUT2D eigenvalue weighted by Gasteiger charge is -2.09. The van der Waals surface area contributed by atoms with Gasteiger partial charge in [0.25, 0.3) is 0 Å². The molecule has 18 heavy (non-hydrogen) atoms. The lowest BCUT2D eigenvalue weighted by molar-refractivity contribution is 0.0553. The minimum absolute atomic E-state index is 0.226. The molecule has 0 heterocycles. The lowest BCUT2D eigenvalue weighted by Crippen LogP contribution is -2.11. The van der Waals surface area contributed by atoms with E-state index in [1.165, 1.54) is 0 Å². The second kappa shape index (κ2) is 7.71. The minimum atomic E-state index is 0.226. The van der Waals surface area contributed by atoms with Crippen LogP contribution in [-0.2, 0) is 4.74 Å². The Morgan fingerprint density at radius 2 is 1.89 bits per heavy atom. The fourth-order valence-corrected chi connectivity index (χ4v) is 1.52. The third-order valence-electron chi connectivity index (χ3n) is 2.45. The molecule has 0 bridgehead atoms. The van der Waals surface area contributed by atoms with E-state index in [0.717, 1.165) is 11.3 Å². The van der Waals surface area contributed by atoms with Crippen molar-refractivity contribution in [3.05, 3.63) is 29.8 Å². The van der Waals surface area contributed by atoms with Gasteiger partial charge in [0.05, 0.1) is 18.4 Å². The first kappa shape index (κ1) is 14.5. The molecule has 1 rings (SSSR count). The molecule has 0 spiro atoms. The van der Waals surface area contributed by atoms with E-state index in [-0.39, 0.29) is 6.10 Å². The maximum atomic E-state index is 8.81. The molecule has 1 N–H and O–H groups in total. The number of hydrogen-bond acceptors (Lipinski definition) is 4. The fraction of sp³-hybridized carbons (Fsp3) is 0.500. The molecule has 0 atom stereocenters. The summed E-state index contributed by atoms with van der Waals surface area (Å²) in [4.78, 5) is 0. The number of oxime groups is 1. The maximum Gasteiger partial charge on any atom is 0.119 e. The van der Waals surface area contributed by atoms with Crippen LogP contribution >= 0.6 is 0 Å². The van der Waals surface area contributed by atoms with Crippen molar-refractivity contribution in [3.63, 3.8) is 0 Å². The van der Waals surface area contributed by atoms with Crippen molar-refractivity contribution in [2.75, 3.05) is 13.2 Å². The molecule has 1 aromatic carbocycles. The SMILES string of the molecule is CCC(=NO)c1ccc(OCCOC(C)C)cc1. The normalized spacial score (nSPS) is 11.9. The highest BCUT2D eigenvalue weighted by Crippen LogP contribution is 2.13. The Hall–Kier alpha value is -1.55. The predicted octanol–water partition coefficient (Wildman–Crippen LogP) is 3.08. The summed E-state index contributed by atoms with van der Waals surface area (Å²) in [5.74, 6) is 0.791. The molecule has 0 saturated heterocycles. The summed E-state index contributed by atoms with van der Waals surface area (Å²) in [5.41, 5.74) is 1.58. The second-order valence-electron chi connectivity index (χ2n) is 4.19. The molecule has 0 unspecified atom stereocenters. The fourth-order valence-electron chi connectivity index (χ4n) is 1.52. The molecule has 0 amide bonds. The van der Waals surface area contributed by atoms with Crippen LogP contribution in [0.4, 0.5) is 0 Å². The minimum Gasteiger partial charge on any atom is -0.491 e. The van der Waals surface area contributed by atoms with Crippen molar-refractivity contribution in [2.24, 2.45) is 5.16 Å². The Morgan fingerprint density at radius 3 is 2.39 bits per heavy atom. The summed E-state index contributed by atoms with van der Waals surface area (Å²) >= 11 is 0. The summed E-state index contributed by atoms with van der Waals surface area (Å²) in [6, 6.07) is 7.51. The van der Waals surface area contributed by atoms with E-state index in [4.69, 9.17) is 14.7 Å².